The Labute approximate surface area is 157 Å². The van der Waals surface area contributed by atoms with Crippen molar-refractivity contribution in [3.63, 3.8) is 0 Å². The number of hydrogen-bond donors (Lipinski definition) is 1. The predicted molar refractivity (Wildman–Crippen MR) is 112 cm³/mol. The zero-order valence-corrected chi connectivity index (χ0v) is 16.8. The SMILES string of the molecule is CCC/C=C\c1cc(N=O)cc(C)c1O.Cc1ccccc1C(C)(C)C. The van der Waals surface area contributed by atoms with Crippen molar-refractivity contribution in [3.05, 3.63) is 69.6 Å². The minimum absolute atomic E-state index is 0.217. The highest BCUT2D eigenvalue weighted by Gasteiger charge is 2.14. The predicted octanol–water partition coefficient (Wildman–Crippen LogP) is 7.20. The first-order chi connectivity index (χ1) is 12.2. The fourth-order valence-corrected chi connectivity index (χ4v) is 2.76. The van der Waals surface area contributed by atoms with Crippen LogP contribution in [0.2, 0.25) is 0 Å². The molecule has 0 saturated heterocycles. The summed E-state index contributed by atoms with van der Waals surface area (Å²) in [6.07, 6.45) is 5.81. The monoisotopic (exact) mass is 353 g/mol. The van der Waals surface area contributed by atoms with Gasteiger partial charge in [0, 0.05) is 5.56 Å². The van der Waals surface area contributed by atoms with Gasteiger partial charge in [-0.05, 0) is 59.7 Å². The number of aryl methyl sites for hydroxylation is 2. The van der Waals surface area contributed by atoms with Gasteiger partial charge in [0.05, 0.1) is 0 Å². The van der Waals surface area contributed by atoms with E-state index < -0.39 is 0 Å². The molecule has 0 saturated carbocycles. The lowest BCUT2D eigenvalue weighted by molar-refractivity contribution is 0.470. The maximum atomic E-state index is 10.4. The molecule has 0 unspecified atom stereocenters. The first kappa shape index (κ1) is 21.6. The van der Waals surface area contributed by atoms with Crippen molar-refractivity contribution in [2.75, 3.05) is 0 Å². The van der Waals surface area contributed by atoms with Gasteiger partial charge in [-0.3, -0.25) is 0 Å². The molecule has 140 valence electrons. The van der Waals surface area contributed by atoms with Crippen molar-refractivity contribution in [2.24, 2.45) is 5.18 Å². The second-order valence-electron chi connectivity index (χ2n) is 7.55. The fourth-order valence-electron chi connectivity index (χ4n) is 2.76. The number of nitrogens with zero attached hydrogens (tertiary/aromatic N) is 1. The minimum Gasteiger partial charge on any atom is -0.507 e. The van der Waals surface area contributed by atoms with Crippen molar-refractivity contribution in [1.29, 1.82) is 0 Å². The summed E-state index contributed by atoms with van der Waals surface area (Å²) in [5.41, 5.74) is 4.79. The first-order valence-corrected chi connectivity index (χ1v) is 9.10. The summed E-state index contributed by atoms with van der Waals surface area (Å²) >= 11 is 0. The number of rotatable bonds is 4. The van der Waals surface area contributed by atoms with Gasteiger partial charge in [-0.1, -0.05) is 70.5 Å². The molecule has 0 atom stereocenters. The van der Waals surface area contributed by atoms with Crippen molar-refractivity contribution < 1.29 is 5.11 Å². The summed E-state index contributed by atoms with van der Waals surface area (Å²) in [6.45, 7) is 12.7. The summed E-state index contributed by atoms with van der Waals surface area (Å²) in [4.78, 5) is 10.4. The van der Waals surface area contributed by atoms with Crippen molar-refractivity contribution in [1.82, 2.24) is 0 Å². The van der Waals surface area contributed by atoms with Crippen molar-refractivity contribution in [3.8, 4) is 5.75 Å². The number of unbranched alkanes of at least 4 members (excludes halogenated alkanes) is 1. The first-order valence-electron chi connectivity index (χ1n) is 9.10. The Bertz CT molecular complexity index is 755. The Balaban J connectivity index is 0.000000273. The second kappa shape index (κ2) is 9.91. The number of benzene rings is 2. The van der Waals surface area contributed by atoms with E-state index in [0.29, 0.717) is 16.8 Å². The Morgan fingerprint density at radius 1 is 1.08 bits per heavy atom. The van der Waals surface area contributed by atoms with Crippen molar-refractivity contribution in [2.45, 2.75) is 59.8 Å². The smallest absolute Gasteiger partial charge is 0.125 e. The Morgan fingerprint density at radius 3 is 2.23 bits per heavy atom. The number of phenols is 1. The topological polar surface area (TPSA) is 49.7 Å². The molecule has 1 N–H and O–H groups in total. The molecule has 2 aromatic carbocycles. The third kappa shape index (κ3) is 6.47. The highest BCUT2D eigenvalue weighted by atomic mass is 16.3. The largest absolute Gasteiger partial charge is 0.507 e. The van der Waals surface area contributed by atoms with Crippen LogP contribution in [0.1, 0.15) is 62.8 Å². The van der Waals surface area contributed by atoms with E-state index in [9.17, 15) is 10.0 Å². The van der Waals surface area contributed by atoms with Crippen LogP contribution in [-0.4, -0.2) is 5.11 Å². The third-order valence-electron chi connectivity index (χ3n) is 4.13. The number of hydrogen-bond acceptors (Lipinski definition) is 3. The maximum Gasteiger partial charge on any atom is 0.125 e. The summed E-state index contributed by atoms with van der Waals surface area (Å²) in [5.74, 6) is 0.217. The van der Waals surface area contributed by atoms with Gasteiger partial charge in [-0.15, -0.1) is 4.91 Å². The zero-order valence-electron chi connectivity index (χ0n) is 16.8. The van der Waals surface area contributed by atoms with E-state index in [1.54, 1.807) is 19.1 Å². The molecule has 0 radical (unpaired) electrons. The summed E-state index contributed by atoms with van der Waals surface area (Å²) in [7, 11) is 0. The number of allylic oxidation sites excluding steroid dienone is 1. The molecule has 0 spiro atoms. The van der Waals surface area contributed by atoms with Gasteiger partial charge in [0.25, 0.3) is 0 Å². The standard InChI is InChI=1S/C12H15NO2.C11H16/c1-3-4-5-6-10-8-11(13-15)7-9(2)12(10)14;1-9-7-5-6-8-10(9)11(2,3)4/h5-8,14H,3-4H2,1-2H3;5-8H,1-4H3/b6-5-;. The molecule has 0 bridgehead atoms. The van der Waals surface area contributed by atoms with E-state index >= 15 is 0 Å². The highest BCUT2D eigenvalue weighted by molar-refractivity contribution is 5.64. The minimum atomic E-state index is 0.217. The average molecular weight is 354 g/mol. The average Bonchev–Trinajstić information content (AvgIpc) is 2.58. The van der Waals surface area contributed by atoms with Gasteiger partial charge >= 0.3 is 0 Å². The summed E-state index contributed by atoms with van der Waals surface area (Å²) < 4.78 is 0. The second-order valence-corrected chi connectivity index (χ2v) is 7.55. The molecule has 0 aliphatic heterocycles. The number of nitroso groups, excluding NO2 is 1. The Kier molecular flexibility index (Phi) is 8.24. The molecule has 3 nitrogen and oxygen atoms in total. The van der Waals surface area contributed by atoms with Gasteiger partial charge in [0.1, 0.15) is 11.4 Å². The molecule has 26 heavy (non-hydrogen) atoms. The molecular weight excluding hydrogens is 322 g/mol. The van der Waals surface area contributed by atoms with Crippen LogP contribution in [0, 0.1) is 18.8 Å². The molecule has 0 heterocycles. The molecular formula is C23H31NO2. The zero-order chi connectivity index (χ0) is 19.7. The fraction of sp³-hybridized carbons (Fsp3) is 0.391. The van der Waals surface area contributed by atoms with E-state index in [2.05, 4.69) is 64.1 Å². The van der Waals surface area contributed by atoms with Crippen LogP contribution in [0.5, 0.6) is 5.75 Å². The molecule has 0 aliphatic carbocycles. The summed E-state index contributed by atoms with van der Waals surface area (Å²) in [5, 5.41) is 12.6. The van der Waals surface area contributed by atoms with E-state index in [4.69, 9.17) is 0 Å². The lowest BCUT2D eigenvalue weighted by Crippen LogP contribution is -2.12. The molecule has 0 amide bonds. The molecule has 3 heteroatoms. The molecule has 2 aromatic rings. The van der Waals surface area contributed by atoms with Gasteiger partial charge in [-0.25, -0.2) is 0 Å². The van der Waals surface area contributed by atoms with Gasteiger partial charge in [0.15, 0.2) is 0 Å². The number of phenolic OH excluding ortho intramolecular Hbond substituents is 1. The van der Waals surface area contributed by atoms with Crippen LogP contribution in [0.15, 0.2) is 47.7 Å². The van der Waals surface area contributed by atoms with E-state index in [1.807, 2.05) is 12.2 Å². The van der Waals surface area contributed by atoms with E-state index in [1.165, 1.54) is 11.1 Å². The Morgan fingerprint density at radius 2 is 1.73 bits per heavy atom. The van der Waals surface area contributed by atoms with E-state index in [-0.39, 0.29) is 11.2 Å². The van der Waals surface area contributed by atoms with Gasteiger partial charge < -0.3 is 5.11 Å². The van der Waals surface area contributed by atoms with Gasteiger partial charge in [0.2, 0.25) is 0 Å². The van der Waals surface area contributed by atoms with Crippen LogP contribution in [0.3, 0.4) is 0 Å². The number of aromatic hydroxyl groups is 1. The molecule has 0 aliphatic rings. The third-order valence-corrected chi connectivity index (χ3v) is 4.13. The van der Waals surface area contributed by atoms with Crippen LogP contribution in [-0.2, 0) is 5.41 Å². The van der Waals surface area contributed by atoms with Gasteiger partial charge in [-0.2, -0.15) is 0 Å². The summed E-state index contributed by atoms with van der Waals surface area (Å²) in [6, 6.07) is 11.7. The lowest BCUT2D eigenvalue weighted by Gasteiger charge is -2.21. The molecule has 2 rings (SSSR count). The van der Waals surface area contributed by atoms with Crippen LogP contribution in [0.25, 0.3) is 6.08 Å². The van der Waals surface area contributed by atoms with Crippen LogP contribution in [0.4, 0.5) is 5.69 Å². The lowest BCUT2D eigenvalue weighted by atomic mass is 9.84. The highest BCUT2D eigenvalue weighted by Crippen LogP contribution is 2.29. The van der Waals surface area contributed by atoms with E-state index in [0.717, 1.165) is 12.8 Å². The normalized spacial score (nSPS) is 11.2. The van der Waals surface area contributed by atoms with Crippen LogP contribution < -0.4 is 0 Å². The quantitative estimate of drug-likeness (QED) is 0.591. The maximum absolute atomic E-state index is 10.4. The van der Waals surface area contributed by atoms with Crippen molar-refractivity contribution >= 4 is 11.8 Å². The Hall–Kier alpha value is -2.42. The molecule has 0 aromatic heterocycles. The molecule has 0 fully saturated rings. The van der Waals surface area contributed by atoms with Crippen LogP contribution >= 0.6 is 0 Å².